The maximum absolute atomic E-state index is 14.5. The Labute approximate surface area is 136 Å². The first-order valence-electron chi connectivity index (χ1n) is 8.72. The van der Waals surface area contributed by atoms with Gasteiger partial charge in [-0.1, -0.05) is 66.7 Å². The summed E-state index contributed by atoms with van der Waals surface area (Å²) in [6, 6.07) is 19.1. The molecule has 2 heterocycles. The van der Waals surface area contributed by atoms with Crippen LogP contribution in [0.2, 0.25) is 0 Å². The number of allylic oxidation sites excluding steroid dienone is 2. The van der Waals surface area contributed by atoms with E-state index < -0.39 is 7.14 Å². The minimum atomic E-state index is -2.43. The van der Waals surface area contributed by atoms with Crippen LogP contribution in [0.3, 0.4) is 0 Å². The van der Waals surface area contributed by atoms with Crippen molar-refractivity contribution in [2.24, 2.45) is 23.7 Å². The van der Waals surface area contributed by atoms with Crippen molar-refractivity contribution in [3.63, 3.8) is 0 Å². The minimum absolute atomic E-state index is 0.260. The van der Waals surface area contributed by atoms with Crippen LogP contribution >= 0.6 is 7.14 Å². The van der Waals surface area contributed by atoms with Gasteiger partial charge in [-0.25, -0.2) is 0 Å². The predicted molar refractivity (Wildman–Crippen MR) is 93.3 cm³/mol. The van der Waals surface area contributed by atoms with Gasteiger partial charge in [0.15, 0.2) is 0 Å². The molecule has 1 saturated heterocycles. The Kier molecular flexibility index (Phi) is 2.27. The van der Waals surface area contributed by atoms with E-state index in [1.54, 1.807) is 0 Å². The summed E-state index contributed by atoms with van der Waals surface area (Å²) in [5.74, 6) is 2.53. The summed E-state index contributed by atoms with van der Waals surface area (Å²) >= 11 is 0. The fraction of sp³-hybridized carbons (Fsp3) is 0.333. The van der Waals surface area contributed by atoms with Gasteiger partial charge in [-0.3, -0.25) is 0 Å². The van der Waals surface area contributed by atoms with E-state index in [-0.39, 0.29) is 11.3 Å². The highest BCUT2D eigenvalue weighted by molar-refractivity contribution is 7.73. The third-order valence-corrected chi connectivity index (χ3v) is 10.9. The SMILES string of the molecule is O=P1(c2ccccc2)C2c3ccccc3C1C1C3C=CC(C3)C12. The molecule has 0 radical (unpaired) electrons. The highest BCUT2D eigenvalue weighted by atomic mass is 31.2. The second-order valence-corrected chi connectivity index (χ2v) is 10.7. The number of hydrogen-bond donors (Lipinski definition) is 0. The van der Waals surface area contributed by atoms with Gasteiger partial charge in [0, 0.05) is 16.6 Å². The van der Waals surface area contributed by atoms with E-state index in [4.69, 9.17) is 0 Å². The van der Waals surface area contributed by atoms with Crippen molar-refractivity contribution in [2.45, 2.75) is 17.7 Å². The molecule has 2 aromatic rings. The first-order chi connectivity index (χ1) is 11.3. The van der Waals surface area contributed by atoms with Gasteiger partial charge >= 0.3 is 0 Å². The highest BCUT2D eigenvalue weighted by Crippen LogP contribution is 2.88. The van der Waals surface area contributed by atoms with Crippen molar-refractivity contribution < 1.29 is 4.57 Å². The lowest BCUT2D eigenvalue weighted by molar-refractivity contribution is 0.305. The first kappa shape index (κ1) is 12.8. The zero-order chi connectivity index (χ0) is 15.2. The zero-order valence-electron chi connectivity index (χ0n) is 12.9. The van der Waals surface area contributed by atoms with Crippen LogP contribution in [0.15, 0.2) is 66.7 Å². The van der Waals surface area contributed by atoms with Crippen molar-refractivity contribution in [2.75, 3.05) is 0 Å². The molecule has 4 bridgehead atoms. The lowest BCUT2D eigenvalue weighted by Crippen LogP contribution is -2.25. The van der Waals surface area contributed by atoms with Crippen molar-refractivity contribution in [1.82, 2.24) is 0 Å². The molecule has 114 valence electrons. The summed E-state index contributed by atoms with van der Waals surface area (Å²) in [5.41, 5.74) is 3.31. The van der Waals surface area contributed by atoms with E-state index in [1.807, 2.05) is 6.07 Å². The smallest absolute Gasteiger partial charge is 0.130 e. The third-order valence-electron chi connectivity index (χ3n) is 6.93. The van der Waals surface area contributed by atoms with Gasteiger partial charge in [0.1, 0.15) is 7.14 Å². The average Bonchev–Trinajstić information content (AvgIpc) is 3.32. The molecule has 6 unspecified atom stereocenters. The molecular formula is C21H19OP. The van der Waals surface area contributed by atoms with Crippen LogP contribution in [0.1, 0.15) is 28.9 Å². The van der Waals surface area contributed by atoms with E-state index in [2.05, 4.69) is 60.7 Å². The van der Waals surface area contributed by atoms with E-state index in [1.165, 1.54) is 17.5 Å². The fourth-order valence-corrected chi connectivity index (χ4v) is 11.1. The Morgan fingerprint density at radius 2 is 1.26 bits per heavy atom. The number of hydrogen-bond acceptors (Lipinski definition) is 1. The van der Waals surface area contributed by atoms with Crippen LogP contribution < -0.4 is 5.30 Å². The third kappa shape index (κ3) is 1.32. The van der Waals surface area contributed by atoms with Crippen LogP contribution in [0.4, 0.5) is 0 Å². The first-order valence-corrected chi connectivity index (χ1v) is 10.6. The van der Waals surface area contributed by atoms with Gasteiger partial charge in [-0.05, 0) is 41.2 Å². The maximum Gasteiger partial charge on any atom is 0.130 e. The average molecular weight is 318 g/mol. The quantitative estimate of drug-likeness (QED) is 0.538. The second kappa shape index (κ2) is 4.08. The molecule has 0 amide bonds. The molecular weight excluding hydrogens is 299 g/mol. The summed E-state index contributed by atoms with van der Waals surface area (Å²) in [5, 5.41) is 1.11. The van der Waals surface area contributed by atoms with Gasteiger partial charge < -0.3 is 4.57 Å². The Balaban J connectivity index is 1.64. The minimum Gasteiger partial charge on any atom is -0.317 e. The summed E-state index contributed by atoms with van der Waals surface area (Å²) in [4.78, 5) is 0. The Morgan fingerprint density at radius 1 is 0.739 bits per heavy atom. The molecule has 0 spiro atoms. The van der Waals surface area contributed by atoms with Crippen LogP contribution in [-0.4, -0.2) is 0 Å². The van der Waals surface area contributed by atoms with Gasteiger partial charge in [0.05, 0.1) is 0 Å². The molecule has 1 nitrogen and oxygen atoms in total. The van der Waals surface area contributed by atoms with E-state index in [9.17, 15) is 4.57 Å². The topological polar surface area (TPSA) is 17.1 Å². The Morgan fingerprint density at radius 3 is 1.83 bits per heavy atom. The molecule has 2 aromatic carbocycles. The second-order valence-electron chi connectivity index (χ2n) is 7.67. The number of benzene rings is 2. The fourth-order valence-electron chi connectivity index (χ4n) is 6.33. The molecule has 6 rings (SSSR count). The van der Waals surface area contributed by atoms with Crippen LogP contribution in [0.5, 0.6) is 0 Å². The van der Waals surface area contributed by atoms with E-state index in [0.717, 1.165) is 5.30 Å². The zero-order valence-corrected chi connectivity index (χ0v) is 13.8. The molecule has 0 N–H and O–H groups in total. The Hall–Kier alpha value is -1.59. The van der Waals surface area contributed by atoms with Crippen LogP contribution in [0.25, 0.3) is 0 Å². The predicted octanol–water partition coefficient (Wildman–Crippen LogP) is 4.92. The van der Waals surface area contributed by atoms with E-state index in [0.29, 0.717) is 23.7 Å². The highest BCUT2D eigenvalue weighted by Gasteiger charge is 2.69. The number of fused-ring (bicyclic) bond motifs is 12. The standard InChI is InChI=1S/C21H19OP/c22-23(15-6-2-1-3-7-15)20-16-8-4-5-9-17(16)21(23)19-14-11-10-13(12-14)18(19)20/h1-11,13-14,18-21H,12H2. The normalized spacial score (nSPS) is 44.5. The molecule has 23 heavy (non-hydrogen) atoms. The van der Waals surface area contributed by atoms with Crippen molar-refractivity contribution >= 4 is 12.4 Å². The van der Waals surface area contributed by atoms with Crippen LogP contribution in [0, 0.1) is 23.7 Å². The summed E-state index contributed by atoms with van der Waals surface area (Å²) in [7, 11) is -2.43. The molecule has 1 saturated carbocycles. The van der Waals surface area contributed by atoms with Crippen LogP contribution in [-0.2, 0) is 4.57 Å². The number of rotatable bonds is 1. The molecule has 2 aliphatic carbocycles. The summed E-state index contributed by atoms with van der Waals surface area (Å²) in [6.45, 7) is 0. The Bertz CT molecular complexity index is 835. The molecule has 6 atom stereocenters. The van der Waals surface area contributed by atoms with Crippen molar-refractivity contribution in [3.8, 4) is 0 Å². The molecule has 4 aliphatic rings. The van der Waals surface area contributed by atoms with Gasteiger partial charge in [0.25, 0.3) is 0 Å². The van der Waals surface area contributed by atoms with Gasteiger partial charge in [-0.2, -0.15) is 0 Å². The van der Waals surface area contributed by atoms with Crippen molar-refractivity contribution in [3.05, 3.63) is 77.9 Å². The van der Waals surface area contributed by atoms with Crippen molar-refractivity contribution in [1.29, 1.82) is 0 Å². The van der Waals surface area contributed by atoms with Gasteiger partial charge in [-0.15, -0.1) is 0 Å². The lowest BCUT2D eigenvalue weighted by atomic mass is 9.71. The maximum atomic E-state index is 14.5. The molecule has 2 fully saturated rings. The lowest BCUT2D eigenvalue weighted by Gasteiger charge is -2.31. The van der Waals surface area contributed by atoms with Gasteiger partial charge in [0.2, 0.25) is 0 Å². The summed E-state index contributed by atoms with van der Waals surface area (Å²) < 4.78 is 14.5. The largest absolute Gasteiger partial charge is 0.317 e. The molecule has 2 heteroatoms. The molecule has 0 aromatic heterocycles. The molecule has 2 aliphatic heterocycles. The monoisotopic (exact) mass is 318 g/mol. The summed E-state index contributed by atoms with van der Waals surface area (Å²) in [6.07, 6.45) is 6.14. The van der Waals surface area contributed by atoms with E-state index >= 15 is 0 Å².